The summed E-state index contributed by atoms with van der Waals surface area (Å²) in [5.41, 5.74) is 1.41. The highest BCUT2D eigenvalue weighted by molar-refractivity contribution is 6.24. The van der Waals surface area contributed by atoms with Crippen LogP contribution >= 0.6 is 0 Å². The molecule has 8 heteroatoms. The lowest BCUT2D eigenvalue weighted by Gasteiger charge is -2.30. The van der Waals surface area contributed by atoms with Gasteiger partial charge in [-0.15, -0.1) is 0 Å². The van der Waals surface area contributed by atoms with Crippen LogP contribution in [-0.2, 0) is 19.2 Å². The molecule has 2 heterocycles. The molecular weight excluding hydrogens is 484 g/mol. The van der Waals surface area contributed by atoms with E-state index in [9.17, 15) is 29.4 Å². The highest BCUT2D eigenvalue weighted by Crippen LogP contribution is 2.51. The van der Waals surface area contributed by atoms with Gasteiger partial charge in [-0.2, -0.15) is 0 Å². The number of rotatable bonds is 7. The van der Waals surface area contributed by atoms with E-state index in [1.807, 2.05) is 54.6 Å². The number of aliphatic carboxylic acids is 2. The monoisotopic (exact) mass is 510 g/mol. The van der Waals surface area contributed by atoms with Gasteiger partial charge in [0.15, 0.2) is 0 Å². The molecule has 3 aromatic carbocycles. The van der Waals surface area contributed by atoms with E-state index in [-0.39, 0.29) is 0 Å². The van der Waals surface area contributed by atoms with Crippen LogP contribution in [0.1, 0.15) is 34.7 Å². The topological polar surface area (TPSA) is 124 Å². The summed E-state index contributed by atoms with van der Waals surface area (Å²) in [6, 6.07) is 23.0. The molecule has 3 aromatic rings. The lowest BCUT2D eigenvalue weighted by molar-refractivity contribution is -0.154. The smallest absolute Gasteiger partial charge is 0.325 e. The van der Waals surface area contributed by atoms with Crippen molar-refractivity contribution in [2.75, 3.05) is 4.90 Å². The van der Waals surface area contributed by atoms with Gasteiger partial charge >= 0.3 is 11.9 Å². The van der Waals surface area contributed by atoms with E-state index in [2.05, 4.69) is 5.32 Å². The van der Waals surface area contributed by atoms with Gasteiger partial charge in [0.2, 0.25) is 11.8 Å². The van der Waals surface area contributed by atoms with Crippen LogP contribution in [-0.4, -0.2) is 39.5 Å². The Bertz CT molecular complexity index is 1450. The van der Waals surface area contributed by atoms with Crippen molar-refractivity contribution < 1.29 is 29.4 Å². The first-order chi connectivity index (χ1) is 18.2. The van der Waals surface area contributed by atoms with Crippen LogP contribution < -0.4 is 10.2 Å². The summed E-state index contributed by atoms with van der Waals surface area (Å²) < 4.78 is 0. The van der Waals surface area contributed by atoms with Crippen molar-refractivity contribution in [2.45, 2.75) is 24.9 Å². The van der Waals surface area contributed by atoms with Gasteiger partial charge in [-0.25, -0.2) is 4.90 Å². The fourth-order valence-corrected chi connectivity index (χ4v) is 5.59. The first-order valence-corrected chi connectivity index (χ1v) is 12.2. The quantitative estimate of drug-likeness (QED) is 0.325. The number of aryl methyl sites for hydroxylation is 1. The van der Waals surface area contributed by atoms with E-state index < -0.39 is 53.6 Å². The molecule has 192 valence electrons. The molecule has 3 N–H and O–H groups in total. The molecule has 4 atom stereocenters. The number of carbonyl (C=O) groups is 4. The van der Waals surface area contributed by atoms with Crippen molar-refractivity contribution in [3.63, 3.8) is 0 Å². The first-order valence-electron chi connectivity index (χ1n) is 12.2. The summed E-state index contributed by atoms with van der Waals surface area (Å²) in [5, 5.41) is 22.8. The van der Waals surface area contributed by atoms with Gasteiger partial charge in [0.05, 0.1) is 23.9 Å². The maximum Gasteiger partial charge on any atom is 0.325 e. The number of hydrogen-bond acceptors (Lipinski definition) is 5. The Kier molecular flexibility index (Phi) is 6.42. The van der Waals surface area contributed by atoms with Crippen LogP contribution in [0.5, 0.6) is 0 Å². The average Bonchev–Trinajstić information content (AvgIpc) is 3.37. The molecule has 2 aliphatic rings. The molecule has 0 aliphatic carbocycles. The van der Waals surface area contributed by atoms with Gasteiger partial charge in [-0.05, 0) is 35.2 Å². The van der Waals surface area contributed by atoms with Gasteiger partial charge in [0.1, 0.15) is 5.54 Å². The van der Waals surface area contributed by atoms with Crippen LogP contribution in [0.4, 0.5) is 5.69 Å². The molecule has 38 heavy (non-hydrogen) atoms. The molecule has 2 aliphatic heterocycles. The molecule has 2 saturated heterocycles. The Balaban J connectivity index is 1.54. The predicted molar refractivity (Wildman–Crippen MR) is 141 cm³/mol. The molecule has 2 amide bonds. The molecule has 0 spiro atoms. The molecule has 8 nitrogen and oxygen atoms in total. The SMILES string of the molecule is Cc1ccccc1N1C(=O)C2C(c3ccc(C=Cc4ccccc4)cc3)NC(CC(=O)O)(C(=O)O)C2C1=O. The van der Waals surface area contributed by atoms with Gasteiger partial charge in [0.25, 0.3) is 0 Å². The van der Waals surface area contributed by atoms with Crippen LogP contribution in [0.3, 0.4) is 0 Å². The number of amides is 2. The Hall–Kier alpha value is -4.56. The highest BCUT2D eigenvalue weighted by atomic mass is 16.4. The number of carboxylic acids is 2. The number of carboxylic acid groups (broad SMARTS) is 2. The minimum Gasteiger partial charge on any atom is -0.481 e. The summed E-state index contributed by atoms with van der Waals surface area (Å²) in [4.78, 5) is 52.9. The van der Waals surface area contributed by atoms with Gasteiger partial charge in [-0.3, -0.25) is 24.5 Å². The standard InChI is InChI=1S/C30H26N2O6/c1-18-7-5-6-10-22(18)32-27(35)24-25(28(32)36)30(29(37)38,17-23(33)34)31-26(24)21-15-13-20(14-16-21)12-11-19-8-3-2-4-9-19/h2-16,24-26,31H,17H2,1H3,(H,33,34)(H,37,38). The largest absolute Gasteiger partial charge is 0.481 e. The van der Waals surface area contributed by atoms with E-state index in [4.69, 9.17) is 0 Å². The lowest BCUT2D eigenvalue weighted by Crippen LogP contribution is -2.57. The van der Waals surface area contributed by atoms with Crippen molar-refractivity contribution >= 4 is 41.6 Å². The molecule has 4 unspecified atom stereocenters. The Morgan fingerprint density at radius 3 is 2.08 bits per heavy atom. The van der Waals surface area contributed by atoms with Gasteiger partial charge < -0.3 is 10.2 Å². The number of anilines is 1. The van der Waals surface area contributed by atoms with E-state index >= 15 is 0 Å². The minimum atomic E-state index is -2.14. The number of carbonyl (C=O) groups excluding carboxylic acids is 2. The number of imide groups is 1. The zero-order valence-electron chi connectivity index (χ0n) is 20.6. The summed E-state index contributed by atoms with van der Waals surface area (Å²) in [5.74, 6) is -6.58. The molecular formula is C30H26N2O6. The maximum absolute atomic E-state index is 13.8. The first kappa shape index (κ1) is 25.1. The second-order valence-corrected chi connectivity index (χ2v) is 9.68. The molecule has 2 fully saturated rings. The lowest BCUT2D eigenvalue weighted by atomic mass is 9.77. The van der Waals surface area contributed by atoms with Crippen LogP contribution in [0.2, 0.25) is 0 Å². The third-order valence-electron chi connectivity index (χ3n) is 7.39. The predicted octanol–water partition coefficient (Wildman–Crippen LogP) is 3.91. The molecule has 5 rings (SSSR count). The van der Waals surface area contributed by atoms with E-state index in [0.717, 1.165) is 16.0 Å². The summed E-state index contributed by atoms with van der Waals surface area (Å²) in [7, 11) is 0. The zero-order valence-corrected chi connectivity index (χ0v) is 20.6. The van der Waals surface area contributed by atoms with Gasteiger partial charge in [0, 0.05) is 6.04 Å². The Morgan fingerprint density at radius 2 is 1.47 bits per heavy atom. The van der Waals surface area contributed by atoms with Gasteiger partial charge in [-0.1, -0.05) is 84.9 Å². The number of para-hydroxylation sites is 1. The normalized spacial score (nSPS) is 24.7. The highest BCUT2D eigenvalue weighted by Gasteiger charge is 2.69. The van der Waals surface area contributed by atoms with Crippen LogP contribution in [0.15, 0.2) is 78.9 Å². The maximum atomic E-state index is 13.8. The number of nitrogens with one attached hydrogen (secondary N) is 1. The van der Waals surface area contributed by atoms with Crippen molar-refractivity contribution in [3.05, 3.63) is 101 Å². The summed E-state index contributed by atoms with van der Waals surface area (Å²) in [6.45, 7) is 1.75. The number of benzene rings is 3. The summed E-state index contributed by atoms with van der Waals surface area (Å²) in [6.07, 6.45) is 3.04. The van der Waals surface area contributed by atoms with E-state index in [1.165, 1.54) is 0 Å². The van der Waals surface area contributed by atoms with Crippen LogP contribution in [0, 0.1) is 18.8 Å². The molecule has 0 bridgehead atoms. The second kappa shape index (κ2) is 9.72. The third-order valence-corrected chi connectivity index (χ3v) is 7.39. The fourth-order valence-electron chi connectivity index (χ4n) is 5.59. The number of hydrogen-bond donors (Lipinski definition) is 3. The Labute approximate surface area is 219 Å². The molecule has 0 radical (unpaired) electrons. The van der Waals surface area contributed by atoms with E-state index in [0.29, 0.717) is 16.8 Å². The van der Waals surface area contributed by atoms with Crippen molar-refractivity contribution in [3.8, 4) is 0 Å². The third kappa shape index (κ3) is 4.18. The van der Waals surface area contributed by atoms with Crippen molar-refractivity contribution in [1.82, 2.24) is 5.32 Å². The van der Waals surface area contributed by atoms with Crippen molar-refractivity contribution in [2.24, 2.45) is 11.8 Å². The number of nitrogens with zero attached hydrogens (tertiary/aromatic N) is 1. The number of fused-ring (bicyclic) bond motifs is 1. The second-order valence-electron chi connectivity index (χ2n) is 9.68. The zero-order chi connectivity index (χ0) is 27.0. The fraction of sp³-hybridized carbons (Fsp3) is 0.200. The summed E-state index contributed by atoms with van der Waals surface area (Å²) >= 11 is 0. The van der Waals surface area contributed by atoms with Crippen molar-refractivity contribution in [1.29, 1.82) is 0 Å². The minimum absolute atomic E-state index is 0.367. The van der Waals surface area contributed by atoms with E-state index in [1.54, 1.807) is 43.3 Å². The molecule has 0 saturated carbocycles. The Morgan fingerprint density at radius 1 is 0.868 bits per heavy atom. The van der Waals surface area contributed by atoms with Crippen LogP contribution in [0.25, 0.3) is 12.2 Å². The average molecular weight is 511 g/mol. The molecule has 0 aromatic heterocycles.